The highest BCUT2D eigenvalue weighted by atomic mass is 32.1. The van der Waals surface area contributed by atoms with Crippen LogP contribution in [0.5, 0.6) is 0 Å². The number of nitriles is 1. The van der Waals surface area contributed by atoms with Crippen molar-refractivity contribution in [2.24, 2.45) is 0 Å². The van der Waals surface area contributed by atoms with Crippen molar-refractivity contribution >= 4 is 28.2 Å². The van der Waals surface area contributed by atoms with Gasteiger partial charge in [0.15, 0.2) is 6.30 Å². The van der Waals surface area contributed by atoms with Crippen molar-refractivity contribution in [3.05, 3.63) is 35.3 Å². The maximum atomic E-state index is 14.8. The van der Waals surface area contributed by atoms with Crippen LogP contribution in [0.15, 0.2) is 30.3 Å². The summed E-state index contributed by atoms with van der Waals surface area (Å²) in [5.41, 5.74) is 0.723. The molecule has 1 aromatic carbocycles. The van der Waals surface area contributed by atoms with Gasteiger partial charge < -0.3 is 9.64 Å². The first-order valence-corrected chi connectivity index (χ1v) is 8.88. The number of nitrogens with zero attached hydrogens (tertiary/aromatic N) is 6. The third-order valence-corrected chi connectivity index (χ3v) is 5.28. The van der Waals surface area contributed by atoms with E-state index < -0.39 is 12.4 Å². The first-order valence-electron chi connectivity index (χ1n) is 8.07. The number of rotatable bonds is 3. The molecule has 2 saturated heterocycles. The second-order valence-corrected chi connectivity index (χ2v) is 6.84. The molecule has 2 atom stereocenters. The van der Waals surface area contributed by atoms with E-state index >= 15 is 0 Å². The number of benzene rings is 1. The zero-order chi connectivity index (χ0) is 18.1. The van der Waals surface area contributed by atoms with E-state index in [4.69, 9.17) is 10.00 Å². The molecule has 1 amide bonds. The van der Waals surface area contributed by atoms with E-state index in [2.05, 4.69) is 10.2 Å². The summed E-state index contributed by atoms with van der Waals surface area (Å²) in [6.07, 6.45) is -2.09. The molecule has 0 N–H and O–H groups in total. The van der Waals surface area contributed by atoms with Crippen LogP contribution in [-0.4, -0.2) is 59.9 Å². The summed E-state index contributed by atoms with van der Waals surface area (Å²) in [5, 5.41) is 17.1. The molecule has 1 aromatic heterocycles. The van der Waals surface area contributed by atoms with Crippen LogP contribution in [-0.2, 0) is 4.74 Å². The summed E-state index contributed by atoms with van der Waals surface area (Å²) in [6, 6.07) is 11.1. The summed E-state index contributed by atoms with van der Waals surface area (Å²) in [5.74, 6) is 0. The van der Waals surface area contributed by atoms with Crippen LogP contribution < -0.4 is 9.80 Å². The maximum Gasteiger partial charge on any atom is 0.415 e. The Morgan fingerprint density at radius 2 is 2.08 bits per heavy atom. The van der Waals surface area contributed by atoms with Gasteiger partial charge in [-0.2, -0.15) is 5.26 Å². The highest BCUT2D eigenvalue weighted by molar-refractivity contribution is 7.15. The van der Waals surface area contributed by atoms with Gasteiger partial charge in [-0.25, -0.2) is 9.18 Å². The van der Waals surface area contributed by atoms with E-state index in [0.29, 0.717) is 18.2 Å². The molecule has 3 heterocycles. The third kappa shape index (κ3) is 2.95. The van der Waals surface area contributed by atoms with E-state index in [0.717, 1.165) is 17.0 Å². The fourth-order valence-corrected chi connectivity index (χ4v) is 3.87. The normalized spacial score (nSPS) is 23.8. The van der Waals surface area contributed by atoms with Crippen molar-refractivity contribution in [2.75, 3.05) is 36.0 Å². The smallest absolute Gasteiger partial charge is 0.415 e. The number of carbonyl (C=O) groups excluding carboxylic acids is 1. The lowest BCUT2D eigenvalue weighted by Gasteiger charge is -2.41. The summed E-state index contributed by atoms with van der Waals surface area (Å²) in [6.45, 7) is 1.21. The van der Waals surface area contributed by atoms with Crippen LogP contribution in [0.4, 0.5) is 20.0 Å². The Balaban J connectivity index is 1.49. The molecule has 2 unspecified atom stereocenters. The van der Waals surface area contributed by atoms with Crippen LogP contribution in [0.25, 0.3) is 0 Å². The molecule has 2 aromatic rings. The number of piperazine rings is 1. The predicted octanol–water partition coefficient (Wildman–Crippen LogP) is 1.81. The SMILES string of the molecule is N#Cc1nnc(N2CCN(C3COC(=O)N3c3ccccc3)CC2F)s1. The Morgan fingerprint density at radius 1 is 1.27 bits per heavy atom. The van der Waals surface area contributed by atoms with Gasteiger partial charge in [0.25, 0.3) is 0 Å². The molecule has 26 heavy (non-hydrogen) atoms. The number of anilines is 2. The van der Waals surface area contributed by atoms with E-state index in [9.17, 15) is 9.18 Å². The Morgan fingerprint density at radius 3 is 2.77 bits per heavy atom. The number of hydrogen-bond donors (Lipinski definition) is 0. The number of cyclic esters (lactones) is 1. The number of carbonyl (C=O) groups is 1. The third-order valence-electron chi connectivity index (χ3n) is 4.41. The first-order chi connectivity index (χ1) is 12.7. The molecule has 2 aliphatic rings. The largest absolute Gasteiger partial charge is 0.445 e. The molecule has 0 saturated carbocycles. The molecular weight excluding hydrogens is 359 g/mol. The number of hydrogen-bond acceptors (Lipinski definition) is 8. The van der Waals surface area contributed by atoms with E-state index in [-0.39, 0.29) is 24.3 Å². The molecular formula is C16H15FN6O2S. The second-order valence-electron chi connectivity index (χ2n) is 5.89. The van der Waals surface area contributed by atoms with Gasteiger partial charge in [-0.15, -0.1) is 10.2 Å². The van der Waals surface area contributed by atoms with Crippen molar-refractivity contribution in [1.29, 1.82) is 5.26 Å². The Kier molecular flexibility index (Phi) is 4.40. The highest BCUT2D eigenvalue weighted by Gasteiger charge is 2.41. The number of ether oxygens (including phenoxy) is 1. The van der Waals surface area contributed by atoms with Crippen molar-refractivity contribution in [1.82, 2.24) is 15.1 Å². The van der Waals surface area contributed by atoms with Gasteiger partial charge in [-0.05, 0) is 12.1 Å². The molecule has 4 rings (SSSR count). The van der Waals surface area contributed by atoms with Crippen molar-refractivity contribution in [3.63, 3.8) is 0 Å². The van der Waals surface area contributed by atoms with Crippen LogP contribution in [0, 0.1) is 11.3 Å². The molecule has 2 fully saturated rings. The van der Waals surface area contributed by atoms with E-state index in [1.165, 1.54) is 4.90 Å². The summed E-state index contributed by atoms with van der Waals surface area (Å²) in [4.78, 5) is 17.1. The van der Waals surface area contributed by atoms with Crippen molar-refractivity contribution in [3.8, 4) is 6.07 Å². The average molecular weight is 374 g/mol. The van der Waals surface area contributed by atoms with Gasteiger partial charge in [0, 0.05) is 18.8 Å². The molecule has 10 heteroatoms. The summed E-state index contributed by atoms with van der Waals surface area (Å²) >= 11 is 1.07. The number of aromatic nitrogens is 2. The highest BCUT2D eigenvalue weighted by Crippen LogP contribution is 2.29. The maximum absolute atomic E-state index is 14.8. The predicted molar refractivity (Wildman–Crippen MR) is 92.5 cm³/mol. The van der Waals surface area contributed by atoms with Gasteiger partial charge in [0.2, 0.25) is 10.1 Å². The van der Waals surface area contributed by atoms with Gasteiger partial charge >= 0.3 is 6.09 Å². The standard InChI is InChI=1S/C16H15FN6O2S/c17-12-9-21(6-7-22(12)15-20-19-13(8-18)26-15)14-10-25-16(24)23(14)11-4-2-1-3-5-11/h1-5,12,14H,6-7,9-10H2. The minimum atomic E-state index is -1.31. The molecule has 8 nitrogen and oxygen atoms in total. The van der Waals surface area contributed by atoms with Gasteiger partial charge in [0.1, 0.15) is 18.8 Å². The van der Waals surface area contributed by atoms with Crippen molar-refractivity contribution < 1.29 is 13.9 Å². The molecule has 0 bridgehead atoms. The average Bonchev–Trinajstić information content (AvgIpc) is 3.29. The van der Waals surface area contributed by atoms with Crippen LogP contribution in [0.3, 0.4) is 0 Å². The molecule has 0 spiro atoms. The Bertz CT molecular complexity index is 841. The number of alkyl halides is 1. The molecule has 2 aliphatic heterocycles. The number of amides is 1. The topological polar surface area (TPSA) is 85.6 Å². The first kappa shape index (κ1) is 16.7. The van der Waals surface area contributed by atoms with Gasteiger partial charge in [0.05, 0.1) is 6.54 Å². The molecule has 0 aliphatic carbocycles. The molecule has 134 valence electrons. The Labute approximate surface area is 153 Å². The van der Waals surface area contributed by atoms with Crippen molar-refractivity contribution in [2.45, 2.75) is 12.5 Å². The van der Waals surface area contributed by atoms with Crippen LogP contribution in [0.2, 0.25) is 0 Å². The fourth-order valence-electron chi connectivity index (χ4n) is 3.17. The lowest BCUT2D eigenvalue weighted by molar-refractivity contribution is 0.0996. The zero-order valence-corrected chi connectivity index (χ0v) is 14.5. The lowest BCUT2D eigenvalue weighted by atomic mass is 10.2. The summed E-state index contributed by atoms with van der Waals surface area (Å²) in [7, 11) is 0. The zero-order valence-electron chi connectivity index (χ0n) is 13.7. The van der Waals surface area contributed by atoms with Gasteiger partial charge in [-0.1, -0.05) is 29.5 Å². The fraction of sp³-hybridized carbons (Fsp3) is 0.375. The Hall–Kier alpha value is -2.77. The summed E-state index contributed by atoms with van der Waals surface area (Å²) < 4.78 is 20.0. The number of halogens is 1. The number of para-hydroxylation sites is 1. The lowest BCUT2D eigenvalue weighted by Crippen LogP contribution is -2.58. The minimum absolute atomic E-state index is 0.103. The van der Waals surface area contributed by atoms with E-state index in [1.807, 2.05) is 41.3 Å². The van der Waals surface area contributed by atoms with Crippen LogP contribution in [0.1, 0.15) is 5.01 Å². The quantitative estimate of drug-likeness (QED) is 0.758. The monoisotopic (exact) mass is 374 g/mol. The van der Waals surface area contributed by atoms with Crippen LogP contribution >= 0.6 is 11.3 Å². The van der Waals surface area contributed by atoms with Gasteiger partial charge in [-0.3, -0.25) is 9.80 Å². The van der Waals surface area contributed by atoms with E-state index in [1.54, 1.807) is 4.90 Å². The minimum Gasteiger partial charge on any atom is -0.445 e. The second kappa shape index (κ2) is 6.86. The molecule has 0 radical (unpaired) electrons.